The lowest BCUT2D eigenvalue weighted by Crippen LogP contribution is -2.51. The van der Waals surface area contributed by atoms with Crippen LogP contribution in [-0.2, 0) is 16.0 Å². The minimum absolute atomic E-state index is 0.0761. The molecule has 1 aromatic heterocycles. The number of rotatable bonds is 6. The Balaban J connectivity index is 1.61. The van der Waals surface area contributed by atoms with Crippen LogP contribution in [0.25, 0.3) is 0 Å². The monoisotopic (exact) mass is 361 g/mol. The van der Waals surface area contributed by atoms with E-state index >= 15 is 0 Å². The number of hydrogen-bond acceptors (Lipinski definition) is 7. The van der Waals surface area contributed by atoms with Crippen LogP contribution in [-0.4, -0.2) is 52.7 Å². The average molecular weight is 361 g/mol. The van der Waals surface area contributed by atoms with Crippen molar-refractivity contribution < 1.29 is 28.8 Å². The molecule has 2 atom stereocenters. The van der Waals surface area contributed by atoms with Gasteiger partial charge in [0.15, 0.2) is 0 Å². The second kappa shape index (κ2) is 7.96. The van der Waals surface area contributed by atoms with Gasteiger partial charge in [0.2, 0.25) is 5.91 Å². The Morgan fingerprint density at radius 2 is 2.08 bits per heavy atom. The van der Waals surface area contributed by atoms with Crippen molar-refractivity contribution in [3.8, 4) is 5.75 Å². The molecule has 138 valence electrons. The molecular weight excluding hydrogens is 342 g/mol. The maximum absolute atomic E-state index is 12.3. The maximum Gasteiger partial charge on any atom is 0.335 e. The van der Waals surface area contributed by atoms with Crippen LogP contribution in [0, 0.1) is 6.92 Å². The Hall–Kier alpha value is -2.94. The van der Waals surface area contributed by atoms with Crippen LogP contribution in [0.15, 0.2) is 28.9 Å². The van der Waals surface area contributed by atoms with Crippen molar-refractivity contribution in [2.45, 2.75) is 31.9 Å². The number of benzene rings is 1. The minimum Gasteiger partial charge on any atom is -0.486 e. The van der Waals surface area contributed by atoms with Gasteiger partial charge in [-0.1, -0.05) is 10.3 Å². The van der Waals surface area contributed by atoms with Crippen LogP contribution in [0.2, 0.25) is 0 Å². The largest absolute Gasteiger partial charge is 0.486 e. The molecule has 0 bridgehead atoms. The van der Waals surface area contributed by atoms with Gasteiger partial charge in [-0.15, -0.1) is 0 Å². The fourth-order valence-electron chi connectivity index (χ4n) is 2.66. The lowest BCUT2D eigenvalue weighted by Gasteiger charge is -2.32. The van der Waals surface area contributed by atoms with Crippen LogP contribution < -0.4 is 10.1 Å². The molecule has 9 heteroatoms. The minimum atomic E-state index is -1.000. The summed E-state index contributed by atoms with van der Waals surface area (Å²) >= 11 is 0. The second-order valence-corrected chi connectivity index (χ2v) is 6.00. The van der Waals surface area contributed by atoms with E-state index in [4.69, 9.17) is 14.6 Å². The molecule has 2 aromatic rings. The van der Waals surface area contributed by atoms with Crippen molar-refractivity contribution in [3.05, 3.63) is 41.2 Å². The van der Waals surface area contributed by atoms with Gasteiger partial charge in [0.05, 0.1) is 24.6 Å². The van der Waals surface area contributed by atoms with E-state index < -0.39 is 5.97 Å². The number of nitrogens with zero attached hydrogens (tertiary/aromatic N) is 2. The van der Waals surface area contributed by atoms with Crippen molar-refractivity contribution in [1.82, 2.24) is 15.6 Å². The number of ether oxygens (including phenoxy) is 2. The molecule has 3 rings (SSSR count). The van der Waals surface area contributed by atoms with Gasteiger partial charge in [-0.25, -0.2) is 9.42 Å². The van der Waals surface area contributed by atoms with E-state index in [0.717, 1.165) is 0 Å². The van der Waals surface area contributed by atoms with Crippen LogP contribution in [0.4, 0.5) is 0 Å². The third kappa shape index (κ3) is 4.37. The van der Waals surface area contributed by atoms with Crippen LogP contribution in [0.5, 0.6) is 5.75 Å². The number of amides is 1. The van der Waals surface area contributed by atoms with Gasteiger partial charge in [-0.2, -0.15) is 0 Å². The Labute approximate surface area is 149 Å². The number of aromatic carboxylic acids is 1. The molecule has 0 unspecified atom stereocenters. The summed E-state index contributed by atoms with van der Waals surface area (Å²) in [5, 5.41) is 19.2. The van der Waals surface area contributed by atoms with Gasteiger partial charge >= 0.3 is 5.97 Å². The number of hydrogen-bond donors (Lipinski definition) is 2. The first-order chi connectivity index (χ1) is 12.5. The van der Waals surface area contributed by atoms with Crippen molar-refractivity contribution in [3.63, 3.8) is 0 Å². The highest BCUT2D eigenvalue weighted by Crippen LogP contribution is 2.19. The van der Waals surface area contributed by atoms with Crippen molar-refractivity contribution in [1.29, 1.82) is 0 Å². The van der Waals surface area contributed by atoms with Crippen molar-refractivity contribution in [2.75, 3.05) is 13.2 Å². The van der Waals surface area contributed by atoms with Gasteiger partial charge in [0, 0.05) is 6.61 Å². The predicted octanol–water partition coefficient (Wildman–Crippen LogP) is 0.971. The standard InChI is InChI=1S/C17H19N3O6/c1-10-14(20-26-19-10)8-16(21)18-13-6-7-24-9-15(13)25-12-4-2-11(3-5-12)17(22)23/h2-5,13,15H,6-9H2,1H3,(H,18,21)(H,22,23)/t13-,15-/m1/s1. The molecule has 0 spiro atoms. The molecule has 0 radical (unpaired) electrons. The Bertz CT molecular complexity index is 773. The first-order valence-electron chi connectivity index (χ1n) is 8.18. The zero-order valence-corrected chi connectivity index (χ0v) is 14.2. The molecule has 1 amide bonds. The van der Waals surface area contributed by atoms with Crippen LogP contribution in [0.1, 0.15) is 28.2 Å². The number of carbonyl (C=O) groups is 2. The maximum atomic E-state index is 12.3. The van der Waals surface area contributed by atoms with Crippen molar-refractivity contribution in [2.24, 2.45) is 0 Å². The van der Waals surface area contributed by atoms with E-state index in [2.05, 4.69) is 20.3 Å². The summed E-state index contributed by atoms with van der Waals surface area (Å²) in [6, 6.07) is 5.88. The zero-order valence-electron chi connectivity index (χ0n) is 14.2. The highest BCUT2D eigenvalue weighted by atomic mass is 16.6. The number of carboxylic acids is 1. The van der Waals surface area contributed by atoms with E-state index in [1.165, 1.54) is 12.1 Å². The summed E-state index contributed by atoms with van der Waals surface area (Å²) < 4.78 is 15.9. The molecule has 1 aromatic carbocycles. The lowest BCUT2D eigenvalue weighted by atomic mass is 10.1. The van der Waals surface area contributed by atoms with E-state index in [9.17, 15) is 9.59 Å². The van der Waals surface area contributed by atoms with Gasteiger partial charge in [0.25, 0.3) is 0 Å². The summed E-state index contributed by atoms with van der Waals surface area (Å²) in [5.41, 5.74) is 1.26. The van der Waals surface area contributed by atoms with E-state index in [1.807, 2.05) is 0 Å². The summed E-state index contributed by atoms with van der Waals surface area (Å²) in [6.45, 7) is 2.57. The van der Waals surface area contributed by atoms with Gasteiger partial charge in [-0.3, -0.25) is 4.79 Å². The molecule has 1 aliphatic rings. The van der Waals surface area contributed by atoms with E-state index in [0.29, 0.717) is 36.8 Å². The number of nitrogens with one attached hydrogen (secondary N) is 1. The Kier molecular flexibility index (Phi) is 5.47. The average Bonchev–Trinajstić information content (AvgIpc) is 3.02. The van der Waals surface area contributed by atoms with Gasteiger partial charge < -0.3 is 19.9 Å². The van der Waals surface area contributed by atoms with Crippen LogP contribution >= 0.6 is 0 Å². The fraction of sp³-hybridized carbons (Fsp3) is 0.412. The molecule has 1 aliphatic heterocycles. The SMILES string of the molecule is Cc1nonc1CC(=O)N[C@@H]1CCOC[C@H]1Oc1ccc(C(=O)O)cc1. The summed E-state index contributed by atoms with van der Waals surface area (Å²) in [6.07, 6.45) is 0.312. The molecular formula is C17H19N3O6. The quantitative estimate of drug-likeness (QED) is 0.780. The van der Waals surface area contributed by atoms with E-state index in [-0.39, 0.29) is 30.0 Å². The molecule has 26 heavy (non-hydrogen) atoms. The predicted molar refractivity (Wildman–Crippen MR) is 87.9 cm³/mol. The smallest absolute Gasteiger partial charge is 0.335 e. The highest BCUT2D eigenvalue weighted by molar-refractivity contribution is 5.87. The molecule has 1 fully saturated rings. The number of carboxylic acid groups (broad SMARTS) is 1. The van der Waals surface area contributed by atoms with Crippen molar-refractivity contribution >= 4 is 11.9 Å². The highest BCUT2D eigenvalue weighted by Gasteiger charge is 2.29. The Morgan fingerprint density at radius 1 is 1.31 bits per heavy atom. The van der Waals surface area contributed by atoms with E-state index in [1.54, 1.807) is 19.1 Å². The third-order valence-corrected chi connectivity index (χ3v) is 4.11. The fourth-order valence-corrected chi connectivity index (χ4v) is 2.66. The third-order valence-electron chi connectivity index (χ3n) is 4.11. The number of carbonyl (C=O) groups excluding carboxylic acids is 1. The number of aromatic nitrogens is 2. The summed E-state index contributed by atoms with van der Waals surface area (Å²) in [4.78, 5) is 23.2. The normalized spacial score (nSPS) is 19.7. The first kappa shape index (κ1) is 17.9. The zero-order chi connectivity index (χ0) is 18.5. The summed E-state index contributed by atoms with van der Waals surface area (Å²) in [5.74, 6) is -0.688. The molecule has 0 saturated carbocycles. The van der Waals surface area contributed by atoms with Crippen LogP contribution in [0.3, 0.4) is 0 Å². The molecule has 0 aliphatic carbocycles. The lowest BCUT2D eigenvalue weighted by molar-refractivity contribution is -0.123. The molecule has 9 nitrogen and oxygen atoms in total. The van der Waals surface area contributed by atoms with Gasteiger partial charge in [-0.05, 0) is 37.6 Å². The first-order valence-corrected chi connectivity index (χ1v) is 8.18. The topological polar surface area (TPSA) is 124 Å². The second-order valence-electron chi connectivity index (χ2n) is 6.00. The molecule has 1 saturated heterocycles. The molecule has 2 N–H and O–H groups in total. The van der Waals surface area contributed by atoms with Gasteiger partial charge in [0.1, 0.15) is 23.2 Å². The molecule has 2 heterocycles. The Morgan fingerprint density at radius 3 is 2.73 bits per heavy atom. The summed E-state index contributed by atoms with van der Waals surface area (Å²) in [7, 11) is 0. The number of aryl methyl sites for hydroxylation is 1.